The average Bonchev–Trinajstić information content (AvgIpc) is 2.53. The summed E-state index contributed by atoms with van der Waals surface area (Å²) in [4.78, 5) is 24.9. The second-order valence-corrected chi connectivity index (χ2v) is 6.19. The highest BCUT2D eigenvalue weighted by atomic mass is 32.2. The number of benzene rings is 1. The number of hydrogen-bond donors (Lipinski definition) is 2. The first-order valence-electron chi connectivity index (χ1n) is 6.72. The molecule has 1 amide bonds. The molecule has 0 aromatic heterocycles. The van der Waals surface area contributed by atoms with E-state index in [2.05, 4.69) is 12.3 Å². The monoisotopic (exact) mass is 310 g/mol. The number of nitrogens with two attached hydrogens (primary N) is 1. The summed E-state index contributed by atoms with van der Waals surface area (Å²) in [5, 5.41) is 11.5. The van der Waals surface area contributed by atoms with Crippen molar-refractivity contribution in [3.63, 3.8) is 0 Å². The topological polar surface area (TPSA) is 102 Å². The summed E-state index contributed by atoms with van der Waals surface area (Å²) in [7, 11) is 0. The molecule has 7 nitrogen and oxygen atoms in total. The first-order valence-corrected chi connectivity index (χ1v) is 7.77. The Kier molecular flexibility index (Phi) is 5.03. The summed E-state index contributed by atoms with van der Waals surface area (Å²) in [6, 6.07) is 4.22. The van der Waals surface area contributed by atoms with Crippen LogP contribution < -0.4 is 11.3 Å². The van der Waals surface area contributed by atoms with Gasteiger partial charge in [-0.25, -0.2) is 0 Å². The molecule has 0 aliphatic carbocycles. The Morgan fingerprint density at radius 2 is 2.38 bits per heavy atom. The largest absolute Gasteiger partial charge is 0.336 e. The molecule has 1 aromatic carbocycles. The molecule has 1 fully saturated rings. The van der Waals surface area contributed by atoms with Crippen molar-refractivity contribution in [2.75, 3.05) is 24.3 Å². The van der Waals surface area contributed by atoms with Gasteiger partial charge < -0.3 is 10.3 Å². The molecule has 114 valence electrons. The van der Waals surface area contributed by atoms with Crippen LogP contribution in [-0.2, 0) is 0 Å². The molecule has 8 heteroatoms. The lowest BCUT2D eigenvalue weighted by atomic mass is 10.1. The SMILES string of the molecule is CCC1CN(C(=O)c2cc(NN)ccc2[N+](=O)[O-])CCS1. The number of nitrogen functional groups attached to an aromatic ring is 1. The van der Waals surface area contributed by atoms with E-state index in [9.17, 15) is 14.9 Å². The van der Waals surface area contributed by atoms with Gasteiger partial charge >= 0.3 is 0 Å². The summed E-state index contributed by atoms with van der Waals surface area (Å²) in [6.07, 6.45) is 0.973. The van der Waals surface area contributed by atoms with Gasteiger partial charge in [0.05, 0.1) is 4.92 Å². The highest BCUT2D eigenvalue weighted by Gasteiger charge is 2.28. The number of hydrazine groups is 1. The van der Waals surface area contributed by atoms with E-state index >= 15 is 0 Å². The molecule has 3 N–H and O–H groups in total. The van der Waals surface area contributed by atoms with E-state index in [1.54, 1.807) is 4.90 Å². The van der Waals surface area contributed by atoms with Gasteiger partial charge in [0.2, 0.25) is 0 Å². The highest BCUT2D eigenvalue weighted by Crippen LogP contribution is 2.27. The summed E-state index contributed by atoms with van der Waals surface area (Å²) >= 11 is 1.84. The van der Waals surface area contributed by atoms with Gasteiger partial charge in [-0.05, 0) is 18.6 Å². The molecule has 0 saturated carbocycles. The van der Waals surface area contributed by atoms with E-state index in [-0.39, 0.29) is 17.2 Å². The van der Waals surface area contributed by atoms with Crippen molar-refractivity contribution in [3.8, 4) is 0 Å². The standard InChI is InChI=1S/C13H18N4O3S/c1-2-10-8-16(5-6-21-10)13(18)11-7-9(15-14)3-4-12(11)17(19)20/h3-4,7,10,15H,2,5-6,8,14H2,1H3. The molecular weight excluding hydrogens is 292 g/mol. The third-order valence-corrected chi connectivity index (χ3v) is 4.84. The summed E-state index contributed by atoms with van der Waals surface area (Å²) in [6.45, 7) is 3.31. The molecule has 1 aromatic rings. The molecule has 0 spiro atoms. The van der Waals surface area contributed by atoms with Crippen LogP contribution in [0.5, 0.6) is 0 Å². The average molecular weight is 310 g/mol. The lowest BCUT2D eigenvalue weighted by Gasteiger charge is -2.31. The quantitative estimate of drug-likeness (QED) is 0.500. The van der Waals surface area contributed by atoms with Crippen LogP contribution in [0.2, 0.25) is 0 Å². The second kappa shape index (κ2) is 6.77. The van der Waals surface area contributed by atoms with Gasteiger partial charge in [0.15, 0.2) is 0 Å². The van der Waals surface area contributed by atoms with Crippen molar-refractivity contribution in [1.82, 2.24) is 4.90 Å². The first-order chi connectivity index (χ1) is 10.1. The minimum absolute atomic E-state index is 0.0807. The lowest BCUT2D eigenvalue weighted by Crippen LogP contribution is -2.42. The number of amides is 1. The van der Waals surface area contributed by atoms with Gasteiger partial charge in [-0.15, -0.1) is 0 Å². The lowest BCUT2D eigenvalue weighted by molar-refractivity contribution is -0.385. The zero-order chi connectivity index (χ0) is 15.4. The third-order valence-electron chi connectivity index (χ3n) is 3.47. The fourth-order valence-electron chi connectivity index (χ4n) is 2.28. The number of nitro groups is 1. The maximum Gasteiger partial charge on any atom is 0.282 e. The van der Waals surface area contributed by atoms with Gasteiger partial charge in [-0.3, -0.25) is 20.8 Å². The molecular formula is C13H18N4O3S. The molecule has 0 bridgehead atoms. The van der Waals surface area contributed by atoms with Crippen LogP contribution in [0, 0.1) is 10.1 Å². The number of rotatable bonds is 4. The number of nitrogens with one attached hydrogen (secondary N) is 1. The second-order valence-electron chi connectivity index (χ2n) is 4.79. The van der Waals surface area contributed by atoms with Crippen molar-refractivity contribution >= 4 is 29.0 Å². The molecule has 1 aliphatic rings. The van der Waals surface area contributed by atoms with E-state index in [1.165, 1.54) is 18.2 Å². The number of carbonyl (C=O) groups is 1. The molecule has 21 heavy (non-hydrogen) atoms. The molecule has 1 aliphatic heterocycles. The number of nitro benzene ring substituents is 1. The zero-order valence-electron chi connectivity index (χ0n) is 11.7. The van der Waals surface area contributed by atoms with Gasteiger partial charge in [-0.2, -0.15) is 11.8 Å². The molecule has 0 radical (unpaired) electrons. The van der Waals surface area contributed by atoms with Gasteiger partial charge in [-0.1, -0.05) is 6.92 Å². The fourth-order valence-corrected chi connectivity index (χ4v) is 3.46. The summed E-state index contributed by atoms with van der Waals surface area (Å²) in [5.41, 5.74) is 2.78. The van der Waals surface area contributed by atoms with Crippen molar-refractivity contribution in [3.05, 3.63) is 33.9 Å². The molecule has 1 saturated heterocycles. The van der Waals surface area contributed by atoms with Crippen LogP contribution in [0.1, 0.15) is 23.7 Å². The van der Waals surface area contributed by atoms with Crippen molar-refractivity contribution in [2.45, 2.75) is 18.6 Å². The van der Waals surface area contributed by atoms with Crippen LogP contribution in [0.3, 0.4) is 0 Å². The van der Waals surface area contributed by atoms with E-state index in [1.807, 2.05) is 11.8 Å². The van der Waals surface area contributed by atoms with E-state index in [0.29, 0.717) is 24.0 Å². The predicted octanol–water partition coefficient (Wildman–Crippen LogP) is 1.85. The number of anilines is 1. The molecule has 1 heterocycles. The highest BCUT2D eigenvalue weighted by molar-refractivity contribution is 8.00. The molecule has 2 rings (SSSR count). The Morgan fingerprint density at radius 3 is 3.00 bits per heavy atom. The number of carbonyl (C=O) groups excluding carboxylic acids is 1. The van der Waals surface area contributed by atoms with Crippen LogP contribution >= 0.6 is 11.8 Å². The Morgan fingerprint density at radius 1 is 1.62 bits per heavy atom. The summed E-state index contributed by atoms with van der Waals surface area (Å²) in [5.74, 6) is 5.87. The van der Waals surface area contributed by atoms with Crippen LogP contribution in [-0.4, -0.2) is 39.8 Å². The third kappa shape index (κ3) is 3.45. The van der Waals surface area contributed by atoms with E-state index < -0.39 is 4.92 Å². The fraction of sp³-hybridized carbons (Fsp3) is 0.462. The molecule has 1 atom stereocenters. The Bertz CT molecular complexity index is 552. The van der Waals surface area contributed by atoms with Crippen molar-refractivity contribution in [2.24, 2.45) is 5.84 Å². The van der Waals surface area contributed by atoms with Gasteiger partial charge in [0.1, 0.15) is 5.56 Å². The smallest absolute Gasteiger partial charge is 0.282 e. The minimum Gasteiger partial charge on any atom is -0.336 e. The van der Waals surface area contributed by atoms with Crippen molar-refractivity contribution in [1.29, 1.82) is 0 Å². The minimum atomic E-state index is -0.538. The van der Waals surface area contributed by atoms with Gasteiger partial charge in [0, 0.05) is 35.8 Å². The maximum atomic E-state index is 12.6. The number of thioether (sulfide) groups is 1. The van der Waals surface area contributed by atoms with Gasteiger partial charge in [0.25, 0.3) is 11.6 Å². The van der Waals surface area contributed by atoms with Crippen molar-refractivity contribution < 1.29 is 9.72 Å². The van der Waals surface area contributed by atoms with Crippen LogP contribution in [0.25, 0.3) is 0 Å². The van der Waals surface area contributed by atoms with Crippen LogP contribution in [0.4, 0.5) is 11.4 Å². The number of hydrogen-bond acceptors (Lipinski definition) is 6. The molecule has 1 unspecified atom stereocenters. The first kappa shape index (κ1) is 15.6. The zero-order valence-corrected chi connectivity index (χ0v) is 12.6. The van der Waals surface area contributed by atoms with Crippen LogP contribution in [0.15, 0.2) is 18.2 Å². The normalized spacial score (nSPS) is 18.4. The van der Waals surface area contributed by atoms with E-state index in [0.717, 1.165) is 12.2 Å². The maximum absolute atomic E-state index is 12.6. The predicted molar refractivity (Wildman–Crippen MR) is 83.3 cm³/mol. The summed E-state index contributed by atoms with van der Waals surface area (Å²) < 4.78 is 0. The Hall–Kier alpha value is -1.80. The van der Waals surface area contributed by atoms with E-state index in [4.69, 9.17) is 5.84 Å². The Balaban J connectivity index is 2.30. The Labute approximate surface area is 127 Å². The number of nitrogens with zero attached hydrogens (tertiary/aromatic N) is 2.